The Morgan fingerprint density at radius 1 is 1.23 bits per heavy atom. The van der Waals surface area contributed by atoms with Crippen molar-refractivity contribution in [2.75, 3.05) is 19.5 Å². The van der Waals surface area contributed by atoms with Crippen molar-refractivity contribution in [2.24, 2.45) is 5.73 Å². The van der Waals surface area contributed by atoms with E-state index in [0.717, 1.165) is 0 Å². The van der Waals surface area contributed by atoms with Gasteiger partial charge in [0.15, 0.2) is 0 Å². The Hall–Kier alpha value is -4.65. The molecule has 7 N–H and O–H groups in total. The number of allylic oxidation sites excluding steroid dienone is 1. The number of rotatable bonds is 6. The summed E-state index contributed by atoms with van der Waals surface area (Å²) in [5.41, 5.74) is 13.6. The van der Waals surface area contributed by atoms with Crippen LogP contribution in [0.15, 0.2) is 59.7 Å². The fourth-order valence-electron chi connectivity index (χ4n) is 3.09. The number of carbonyl (C=O) groups is 2. The average molecular weight is 420 g/mol. The van der Waals surface area contributed by atoms with E-state index in [9.17, 15) is 20.0 Å². The molecule has 1 aliphatic rings. The molecule has 1 heterocycles. The number of hydrazine groups is 1. The second kappa shape index (κ2) is 8.79. The highest BCUT2D eigenvalue weighted by molar-refractivity contribution is 5.95. The predicted molar refractivity (Wildman–Crippen MR) is 113 cm³/mol. The second-order valence-electron chi connectivity index (χ2n) is 6.41. The van der Waals surface area contributed by atoms with Crippen molar-refractivity contribution in [3.05, 3.63) is 70.8 Å². The quantitative estimate of drug-likeness (QED) is 0.403. The number of amides is 1. The van der Waals surface area contributed by atoms with Crippen LogP contribution < -0.4 is 32.0 Å². The molecule has 0 fully saturated rings. The van der Waals surface area contributed by atoms with Gasteiger partial charge >= 0.3 is 5.97 Å². The number of para-hydroxylation sites is 1. The molecular formula is C21H20N6O4. The van der Waals surface area contributed by atoms with E-state index in [4.69, 9.17) is 10.5 Å². The monoisotopic (exact) mass is 420 g/mol. The van der Waals surface area contributed by atoms with Crippen molar-refractivity contribution in [3.8, 4) is 22.9 Å². The minimum absolute atomic E-state index is 0.0355. The number of benzene rings is 2. The maximum atomic E-state index is 12.2. The number of hydrogen-bond acceptors (Lipinski definition) is 8. The lowest BCUT2D eigenvalue weighted by Gasteiger charge is -2.23. The molecule has 0 spiro atoms. The van der Waals surface area contributed by atoms with E-state index in [1.807, 2.05) is 6.07 Å². The summed E-state index contributed by atoms with van der Waals surface area (Å²) >= 11 is 0. The molecule has 2 aromatic carbocycles. The zero-order valence-corrected chi connectivity index (χ0v) is 16.7. The van der Waals surface area contributed by atoms with E-state index in [2.05, 4.69) is 21.5 Å². The van der Waals surface area contributed by atoms with Gasteiger partial charge in [-0.2, -0.15) is 5.26 Å². The molecule has 10 heteroatoms. The van der Waals surface area contributed by atoms with Gasteiger partial charge in [0.25, 0.3) is 5.91 Å². The van der Waals surface area contributed by atoms with E-state index in [1.54, 1.807) is 30.3 Å². The topological polar surface area (TPSA) is 162 Å². The molecular weight excluding hydrogens is 400 g/mol. The summed E-state index contributed by atoms with van der Waals surface area (Å²) in [5.74, 6) is -0.810. The SMILES string of the molecule is CNC(=O)C1=C(Nc2cccc(-c3ccc(C(=O)O)c(C#N)c3)c2OC)C=C(N)NN1. The van der Waals surface area contributed by atoms with E-state index < -0.39 is 5.97 Å². The zero-order valence-electron chi connectivity index (χ0n) is 16.7. The number of nitrogens with one attached hydrogen (secondary N) is 4. The van der Waals surface area contributed by atoms with Crippen LogP contribution in [0, 0.1) is 11.3 Å². The molecule has 10 nitrogen and oxygen atoms in total. The first-order valence-corrected chi connectivity index (χ1v) is 9.07. The fourth-order valence-corrected chi connectivity index (χ4v) is 3.09. The number of hydrogen-bond donors (Lipinski definition) is 6. The van der Waals surface area contributed by atoms with Gasteiger partial charge in [-0.1, -0.05) is 18.2 Å². The van der Waals surface area contributed by atoms with Crippen LogP contribution in [0.3, 0.4) is 0 Å². The number of carbonyl (C=O) groups excluding carboxylic acids is 1. The first kappa shape index (κ1) is 21.1. The van der Waals surface area contributed by atoms with Crippen LogP contribution in [0.4, 0.5) is 5.69 Å². The molecule has 31 heavy (non-hydrogen) atoms. The van der Waals surface area contributed by atoms with Gasteiger partial charge in [0.2, 0.25) is 0 Å². The third-order valence-corrected chi connectivity index (χ3v) is 4.53. The molecule has 0 aromatic heterocycles. The van der Waals surface area contributed by atoms with Gasteiger partial charge in [-0.05, 0) is 23.8 Å². The Labute approximate surface area is 178 Å². The molecule has 0 saturated carbocycles. The van der Waals surface area contributed by atoms with Crippen molar-refractivity contribution in [1.82, 2.24) is 16.2 Å². The molecule has 3 rings (SSSR count). The average Bonchev–Trinajstić information content (AvgIpc) is 2.78. The maximum Gasteiger partial charge on any atom is 0.337 e. The van der Waals surface area contributed by atoms with Crippen LogP contribution in [0.2, 0.25) is 0 Å². The molecule has 1 amide bonds. The normalized spacial score (nSPS) is 12.6. The first-order valence-electron chi connectivity index (χ1n) is 9.07. The number of nitrogens with zero attached hydrogens (tertiary/aromatic N) is 1. The number of carboxylic acid groups (broad SMARTS) is 1. The molecule has 0 atom stereocenters. The van der Waals surface area contributed by atoms with E-state index >= 15 is 0 Å². The van der Waals surface area contributed by atoms with Gasteiger partial charge in [0.1, 0.15) is 23.3 Å². The van der Waals surface area contributed by atoms with Crippen LogP contribution in [0.25, 0.3) is 11.1 Å². The summed E-state index contributed by atoms with van der Waals surface area (Å²) in [4.78, 5) is 23.5. The number of nitrogens with two attached hydrogens (primary N) is 1. The lowest BCUT2D eigenvalue weighted by atomic mass is 9.98. The Balaban J connectivity index is 2.09. The summed E-state index contributed by atoms with van der Waals surface area (Å²) in [6.45, 7) is 0. The Bertz CT molecular complexity index is 1160. The van der Waals surface area contributed by atoms with E-state index in [1.165, 1.54) is 26.3 Å². The largest absolute Gasteiger partial charge is 0.494 e. The smallest absolute Gasteiger partial charge is 0.337 e. The van der Waals surface area contributed by atoms with Gasteiger partial charge in [-0.25, -0.2) is 4.79 Å². The van der Waals surface area contributed by atoms with Gasteiger partial charge in [0, 0.05) is 18.7 Å². The molecule has 0 unspecified atom stereocenters. The van der Waals surface area contributed by atoms with Crippen molar-refractivity contribution in [2.45, 2.75) is 0 Å². The van der Waals surface area contributed by atoms with Gasteiger partial charge in [0.05, 0.1) is 29.6 Å². The molecule has 0 aliphatic carbocycles. The molecule has 2 aromatic rings. The lowest BCUT2D eigenvalue weighted by molar-refractivity contribution is -0.117. The summed E-state index contributed by atoms with van der Waals surface area (Å²) in [5, 5.41) is 24.3. The lowest BCUT2D eigenvalue weighted by Crippen LogP contribution is -2.43. The third kappa shape index (κ3) is 4.20. The second-order valence-corrected chi connectivity index (χ2v) is 6.41. The van der Waals surface area contributed by atoms with Crippen molar-refractivity contribution < 1.29 is 19.4 Å². The minimum atomic E-state index is -1.18. The van der Waals surface area contributed by atoms with E-state index in [0.29, 0.717) is 34.1 Å². The highest BCUT2D eigenvalue weighted by Crippen LogP contribution is 2.38. The Morgan fingerprint density at radius 3 is 2.65 bits per heavy atom. The van der Waals surface area contributed by atoms with Crippen LogP contribution in [0.1, 0.15) is 15.9 Å². The first-order chi connectivity index (χ1) is 14.9. The van der Waals surface area contributed by atoms with Crippen molar-refractivity contribution >= 4 is 17.6 Å². The van der Waals surface area contributed by atoms with E-state index in [-0.39, 0.29) is 22.7 Å². The molecule has 0 radical (unpaired) electrons. The van der Waals surface area contributed by atoms with Gasteiger partial charge < -0.3 is 26.2 Å². The van der Waals surface area contributed by atoms with Crippen molar-refractivity contribution in [1.29, 1.82) is 5.26 Å². The van der Waals surface area contributed by atoms with Crippen LogP contribution in [-0.4, -0.2) is 31.1 Å². The predicted octanol–water partition coefficient (Wildman–Crippen LogP) is 1.21. The van der Waals surface area contributed by atoms with Crippen LogP contribution in [0.5, 0.6) is 5.75 Å². The minimum Gasteiger partial charge on any atom is -0.494 e. The van der Waals surface area contributed by atoms with Crippen LogP contribution in [-0.2, 0) is 4.79 Å². The van der Waals surface area contributed by atoms with Gasteiger partial charge in [-0.3, -0.25) is 15.6 Å². The summed E-state index contributed by atoms with van der Waals surface area (Å²) in [6.07, 6.45) is 1.56. The summed E-state index contributed by atoms with van der Waals surface area (Å²) in [6, 6.07) is 11.7. The summed E-state index contributed by atoms with van der Waals surface area (Å²) < 4.78 is 5.60. The Kier molecular flexibility index (Phi) is 5.97. The Morgan fingerprint density at radius 2 is 2.00 bits per heavy atom. The number of anilines is 1. The molecule has 1 aliphatic heterocycles. The maximum absolute atomic E-state index is 12.2. The number of methoxy groups -OCH3 is 1. The highest BCUT2D eigenvalue weighted by Gasteiger charge is 2.20. The number of aromatic carboxylic acids is 1. The number of likely N-dealkylation sites (N-methyl/N-ethyl adjacent to an activating group) is 1. The number of carboxylic acids is 1. The third-order valence-electron chi connectivity index (χ3n) is 4.53. The highest BCUT2D eigenvalue weighted by atomic mass is 16.5. The van der Waals surface area contributed by atoms with Gasteiger partial charge in [-0.15, -0.1) is 0 Å². The molecule has 0 saturated heterocycles. The standard InChI is InChI=1S/C21H20N6O4/c1-24-20(28)18-16(9-17(23)26-27-18)25-15-5-3-4-13(19(15)31-2)11-6-7-14(21(29)30)12(8-11)10-22/h3-9,25-27H,23H2,1-2H3,(H,24,28)(H,29,30). The van der Waals surface area contributed by atoms with Crippen LogP contribution >= 0.6 is 0 Å². The summed E-state index contributed by atoms with van der Waals surface area (Å²) in [7, 11) is 2.99. The number of ether oxygens (including phenoxy) is 1. The number of nitriles is 1. The molecule has 158 valence electrons. The zero-order chi connectivity index (χ0) is 22.5. The molecule has 0 bridgehead atoms. The van der Waals surface area contributed by atoms with Crippen molar-refractivity contribution in [3.63, 3.8) is 0 Å². The fraction of sp³-hybridized carbons (Fsp3) is 0.0952.